The van der Waals surface area contributed by atoms with Crippen LogP contribution in [0.5, 0.6) is 0 Å². The highest BCUT2D eigenvalue weighted by molar-refractivity contribution is 5.76. The maximum absolute atomic E-state index is 11.9. The third-order valence-electron chi connectivity index (χ3n) is 3.70. The molecule has 1 amide bonds. The van der Waals surface area contributed by atoms with Crippen LogP contribution in [-0.2, 0) is 9.53 Å². The highest BCUT2D eigenvalue weighted by Crippen LogP contribution is 2.32. The molecule has 4 heteroatoms. The van der Waals surface area contributed by atoms with Gasteiger partial charge in [-0.25, -0.2) is 0 Å². The minimum atomic E-state index is 0.169. The lowest BCUT2D eigenvalue weighted by molar-refractivity contribution is -0.125. The summed E-state index contributed by atoms with van der Waals surface area (Å²) in [6, 6.07) is 0.213. The van der Waals surface area contributed by atoms with Crippen molar-refractivity contribution in [3.05, 3.63) is 0 Å². The predicted octanol–water partition coefficient (Wildman–Crippen LogP) is 1.68. The molecule has 0 radical (unpaired) electrons. The summed E-state index contributed by atoms with van der Waals surface area (Å²) in [7, 11) is 0. The van der Waals surface area contributed by atoms with Crippen molar-refractivity contribution < 1.29 is 9.53 Å². The molecule has 106 valence electrons. The smallest absolute Gasteiger partial charge is 0.220 e. The number of hydrogen-bond donors (Lipinski definition) is 2. The van der Waals surface area contributed by atoms with Crippen LogP contribution in [-0.4, -0.2) is 31.2 Å². The average Bonchev–Trinajstić information content (AvgIpc) is 2.25. The Kier molecular flexibility index (Phi) is 6.65. The van der Waals surface area contributed by atoms with Gasteiger partial charge in [0.15, 0.2) is 0 Å². The van der Waals surface area contributed by atoms with E-state index in [2.05, 4.69) is 19.2 Å². The Morgan fingerprint density at radius 2 is 2.11 bits per heavy atom. The lowest BCUT2D eigenvalue weighted by Gasteiger charge is -2.35. The second kappa shape index (κ2) is 7.74. The van der Waals surface area contributed by atoms with Crippen molar-refractivity contribution >= 4 is 5.91 Å². The second-order valence-electron chi connectivity index (χ2n) is 5.61. The lowest BCUT2D eigenvalue weighted by Crippen LogP contribution is -2.42. The maximum Gasteiger partial charge on any atom is 0.220 e. The van der Waals surface area contributed by atoms with E-state index in [4.69, 9.17) is 10.5 Å². The molecule has 0 saturated heterocycles. The van der Waals surface area contributed by atoms with E-state index in [1.807, 2.05) is 6.92 Å². The summed E-state index contributed by atoms with van der Waals surface area (Å²) in [5.74, 6) is 1.12. The van der Waals surface area contributed by atoms with E-state index in [0.717, 1.165) is 25.9 Å². The molecule has 1 saturated carbocycles. The Morgan fingerprint density at radius 3 is 2.61 bits per heavy atom. The topological polar surface area (TPSA) is 64.3 Å². The van der Waals surface area contributed by atoms with Gasteiger partial charge in [0.05, 0.1) is 6.10 Å². The van der Waals surface area contributed by atoms with Gasteiger partial charge in [0.2, 0.25) is 5.91 Å². The Morgan fingerprint density at radius 1 is 1.44 bits per heavy atom. The Bertz CT molecular complexity index is 250. The SMILES string of the molecule is CCOC1CC(CC(=O)NC(CCN)C(C)C)C1. The van der Waals surface area contributed by atoms with Crippen LogP contribution in [0.25, 0.3) is 0 Å². The molecule has 1 unspecified atom stereocenters. The lowest BCUT2D eigenvalue weighted by atomic mass is 9.79. The number of hydrogen-bond acceptors (Lipinski definition) is 3. The fourth-order valence-electron chi connectivity index (χ4n) is 2.49. The first-order valence-corrected chi connectivity index (χ1v) is 7.17. The summed E-state index contributed by atoms with van der Waals surface area (Å²) in [6.07, 6.45) is 3.94. The molecule has 0 aromatic rings. The molecule has 3 N–H and O–H groups in total. The van der Waals surface area contributed by atoms with Crippen LogP contribution in [0.1, 0.15) is 46.5 Å². The van der Waals surface area contributed by atoms with Gasteiger partial charge in [-0.05, 0) is 44.6 Å². The Balaban J connectivity index is 2.21. The summed E-state index contributed by atoms with van der Waals surface area (Å²) >= 11 is 0. The minimum Gasteiger partial charge on any atom is -0.378 e. The highest BCUT2D eigenvalue weighted by atomic mass is 16.5. The molecule has 1 atom stereocenters. The van der Waals surface area contributed by atoms with Crippen molar-refractivity contribution in [1.82, 2.24) is 5.32 Å². The first-order valence-electron chi connectivity index (χ1n) is 7.17. The van der Waals surface area contributed by atoms with E-state index in [1.165, 1.54) is 0 Å². The number of nitrogens with two attached hydrogens (primary N) is 1. The zero-order valence-electron chi connectivity index (χ0n) is 11.9. The molecule has 4 nitrogen and oxygen atoms in total. The van der Waals surface area contributed by atoms with Crippen molar-refractivity contribution in [2.75, 3.05) is 13.2 Å². The number of carbonyl (C=O) groups excluding carboxylic acids is 1. The van der Waals surface area contributed by atoms with Crippen LogP contribution in [0.15, 0.2) is 0 Å². The number of rotatable bonds is 8. The third kappa shape index (κ3) is 4.94. The molecule has 0 spiro atoms. The van der Waals surface area contributed by atoms with Gasteiger partial charge in [0, 0.05) is 19.1 Å². The van der Waals surface area contributed by atoms with E-state index in [0.29, 0.717) is 30.9 Å². The van der Waals surface area contributed by atoms with Gasteiger partial charge < -0.3 is 15.8 Å². The second-order valence-corrected chi connectivity index (χ2v) is 5.61. The molecule has 0 heterocycles. The van der Waals surface area contributed by atoms with Crippen molar-refractivity contribution in [3.8, 4) is 0 Å². The molecule has 0 bridgehead atoms. The molecular formula is C14H28N2O2. The largest absolute Gasteiger partial charge is 0.378 e. The van der Waals surface area contributed by atoms with E-state index >= 15 is 0 Å². The number of amides is 1. The molecule has 0 aliphatic heterocycles. The zero-order valence-corrected chi connectivity index (χ0v) is 11.9. The van der Waals surface area contributed by atoms with Crippen molar-refractivity contribution in [2.24, 2.45) is 17.6 Å². The molecule has 1 fully saturated rings. The van der Waals surface area contributed by atoms with Crippen LogP contribution < -0.4 is 11.1 Å². The summed E-state index contributed by atoms with van der Waals surface area (Å²) in [5, 5.41) is 3.10. The molecule has 1 aliphatic rings. The summed E-state index contributed by atoms with van der Waals surface area (Å²) < 4.78 is 5.50. The van der Waals surface area contributed by atoms with Gasteiger partial charge in [-0.3, -0.25) is 4.79 Å². The fourth-order valence-corrected chi connectivity index (χ4v) is 2.49. The average molecular weight is 256 g/mol. The van der Waals surface area contributed by atoms with Gasteiger partial charge in [-0.15, -0.1) is 0 Å². The van der Waals surface area contributed by atoms with Crippen molar-refractivity contribution in [3.63, 3.8) is 0 Å². The molecule has 0 aromatic carbocycles. The molecule has 1 rings (SSSR count). The zero-order chi connectivity index (χ0) is 13.5. The molecule has 18 heavy (non-hydrogen) atoms. The first kappa shape index (κ1) is 15.4. The quantitative estimate of drug-likeness (QED) is 0.694. The number of nitrogens with one attached hydrogen (secondary N) is 1. The van der Waals surface area contributed by atoms with Crippen LogP contribution in [0.2, 0.25) is 0 Å². The highest BCUT2D eigenvalue weighted by Gasteiger charge is 2.31. The predicted molar refractivity (Wildman–Crippen MR) is 73.2 cm³/mol. The monoisotopic (exact) mass is 256 g/mol. The van der Waals surface area contributed by atoms with Crippen LogP contribution in [0, 0.1) is 11.8 Å². The van der Waals surface area contributed by atoms with Crippen molar-refractivity contribution in [2.45, 2.75) is 58.6 Å². The third-order valence-corrected chi connectivity index (χ3v) is 3.70. The number of carbonyl (C=O) groups is 1. The standard InChI is InChI=1S/C14H28N2O2/c1-4-18-12-7-11(8-12)9-14(17)16-13(5-6-15)10(2)3/h10-13H,4-9,15H2,1-3H3,(H,16,17). The van der Waals surface area contributed by atoms with E-state index in [9.17, 15) is 4.79 Å². The van der Waals surface area contributed by atoms with E-state index in [-0.39, 0.29) is 11.9 Å². The summed E-state index contributed by atoms with van der Waals surface area (Å²) in [6.45, 7) is 7.65. The summed E-state index contributed by atoms with van der Waals surface area (Å²) in [5.41, 5.74) is 5.57. The number of ether oxygens (including phenoxy) is 1. The molecule has 1 aliphatic carbocycles. The summed E-state index contributed by atoms with van der Waals surface area (Å²) in [4.78, 5) is 11.9. The molecule has 0 aromatic heterocycles. The van der Waals surface area contributed by atoms with Gasteiger partial charge in [0.1, 0.15) is 0 Å². The van der Waals surface area contributed by atoms with Crippen molar-refractivity contribution in [1.29, 1.82) is 0 Å². The minimum absolute atomic E-state index is 0.169. The first-order chi connectivity index (χ1) is 8.56. The maximum atomic E-state index is 11.9. The van der Waals surface area contributed by atoms with Crippen LogP contribution in [0.3, 0.4) is 0 Å². The Labute approximate surface area is 111 Å². The van der Waals surface area contributed by atoms with Crippen LogP contribution >= 0.6 is 0 Å². The fraction of sp³-hybridized carbons (Fsp3) is 0.929. The van der Waals surface area contributed by atoms with Gasteiger partial charge in [0.25, 0.3) is 0 Å². The van der Waals surface area contributed by atoms with Gasteiger partial charge in [-0.1, -0.05) is 13.8 Å². The van der Waals surface area contributed by atoms with Gasteiger partial charge >= 0.3 is 0 Å². The van der Waals surface area contributed by atoms with Crippen LogP contribution in [0.4, 0.5) is 0 Å². The molecular weight excluding hydrogens is 228 g/mol. The Hall–Kier alpha value is -0.610. The van der Waals surface area contributed by atoms with Gasteiger partial charge in [-0.2, -0.15) is 0 Å². The van der Waals surface area contributed by atoms with E-state index in [1.54, 1.807) is 0 Å². The normalized spacial score (nSPS) is 24.7. The van der Waals surface area contributed by atoms with E-state index < -0.39 is 0 Å².